The first-order chi connectivity index (χ1) is 10.3. The van der Waals surface area contributed by atoms with E-state index in [1.165, 1.54) is 22.3 Å². The van der Waals surface area contributed by atoms with Gasteiger partial charge in [-0.1, -0.05) is 13.8 Å². The molecular weight excluding hydrogens is 304 g/mol. The normalized spacial score (nSPS) is 11.0. The van der Waals surface area contributed by atoms with E-state index < -0.39 is 5.97 Å². The quantitative estimate of drug-likeness (QED) is 0.914. The van der Waals surface area contributed by atoms with Gasteiger partial charge in [0.05, 0.1) is 11.6 Å². The second-order valence-electron chi connectivity index (χ2n) is 5.37. The number of hydrogen-bond donors (Lipinski definition) is 1. The van der Waals surface area contributed by atoms with Crippen LogP contribution in [0.4, 0.5) is 0 Å². The third kappa shape index (κ3) is 3.36. The molecule has 0 aromatic carbocycles. The van der Waals surface area contributed by atoms with Crippen molar-refractivity contribution in [2.45, 2.75) is 33.2 Å². The van der Waals surface area contributed by atoms with Gasteiger partial charge in [0.15, 0.2) is 0 Å². The van der Waals surface area contributed by atoms with Crippen LogP contribution >= 0.6 is 11.3 Å². The standard InChI is InChI=1S/C15H18N2O4S/c1-8(2)13-16-12(7-22-13)14(18)17(4)6-10-5-11(15(19)20)9(3)21-10/h5,7-8H,6H2,1-4H3,(H,19,20). The van der Waals surface area contributed by atoms with E-state index in [1.54, 1.807) is 19.4 Å². The number of nitrogens with zero attached hydrogens (tertiary/aromatic N) is 2. The zero-order valence-corrected chi connectivity index (χ0v) is 13.7. The Morgan fingerprint density at radius 3 is 2.64 bits per heavy atom. The van der Waals surface area contributed by atoms with Gasteiger partial charge in [0.2, 0.25) is 0 Å². The molecule has 2 aromatic heterocycles. The lowest BCUT2D eigenvalue weighted by Gasteiger charge is -2.14. The van der Waals surface area contributed by atoms with Crippen LogP contribution in [0.1, 0.15) is 57.1 Å². The molecule has 0 aliphatic rings. The molecular formula is C15H18N2O4S. The minimum Gasteiger partial charge on any atom is -0.478 e. The van der Waals surface area contributed by atoms with Crippen molar-refractivity contribution in [3.8, 4) is 0 Å². The number of furan rings is 1. The highest BCUT2D eigenvalue weighted by Crippen LogP contribution is 2.21. The molecule has 0 unspecified atom stereocenters. The summed E-state index contributed by atoms with van der Waals surface area (Å²) in [6.45, 7) is 5.83. The molecule has 2 aromatic rings. The average molecular weight is 322 g/mol. The van der Waals surface area contributed by atoms with Gasteiger partial charge in [-0.25, -0.2) is 9.78 Å². The summed E-state index contributed by atoms with van der Waals surface area (Å²) in [5.74, 6) is -0.205. The van der Waals surface area contributed by atoms with Crippen molar-refractivity contribution in [3.63, 3.8) is 0 Å². The molecule has 0 saturated heterocycles. The predicted molar refractivity (Wildman–Crippen MR) is 82.4 cm³/mol. The molecule has 1 amide bonds. The van der Waals surface area contributed by atoms with Gasteiger partial charge in [0, 0.05) is 18.3 Å². The molecule has 1 N–H and O–H groups in total. The van der Waals surface area contributed by atoms with Gasteiger partial charge in [0.25, 0.3) is 5.91 Å². The molecule has 7 heteroatoms. The van der Waals surface area contributed by atoms with E-state index in [0.717, 1.165) is 5.01 Å². The summed E-state index contributed by atoms with van der Waals surface area (Å²) in [5.41, 5.74) is 0.518. The zero-order chi connectivity index (χ0) is 16.4. The van der Waals surface area contributed by atoms with Crippen LogP contribution in [-0.4, -0.2) is 33.9 Å². The molecule has 2 rings (SSSR count). The number of aromatic carboxylic acids is 1. The largest absolute Gasteiger partial charge is 0.478 e. The van der Waals surface area contributed by atoms with E-state index in [0.29, 0.717) is 17.2 Å². The van der Waals surface area contributed by atoms with E-state index in [2.05, 4.69) is 4.98 Å². The number of thiazole rings is 1. The number of aryl methyl sites for hydroxylation is 1. The summed E-state index contributed by atoms with van der Waals surface area (Å²) in [5, 5.41) is 11.7. The molecule has 0 bridgehead atoms. The van der Waals surface area contributed by atoms with Gasteiger partial charge in [-0.2, -0.15) is 0 Å². The minimum atomic E-state index is -1.04. The minimum absolute atomic E-state index is 0.117. The third-order valence-corrected chi connectivity index (χ3v) is 4.32. The Hall–Kier alpha value is -2.15. The van der Waals surface area contributed by atoms with Crippen LogP contribution in [0.15, 0.2) is 15.9 Å². The van der Waals surface area contributed by atoms with Crippen LogP contribution in [0.3, 0.4) is 0 Å². The van der Waals surface area contributed by atoms with Gasteiger partial charge in [-0.15, -0.1) is 11.3 Å². The van der Waals surface area contributed by atoms with Crippen LogP contribution in [0.25, 0.3) is 0 Å². The van der Waals surface area contributed by atoms with Crippen LogP contribution < -0.4 is 0 Å². The summed E-state index contributed by atoms with van der Waals surface area (Å²) in [7, 11) is 1.63. The Kier molecular flexibility index (Phi) is 4.65. The Balaban J connectivity index is 2.10. The van der Waals surface area contributed by atoms with Crippen molar-refractivity contribution >= 4 is 23.2 Å². The lowest BCUT2D eigenvalue weighted by atomic mass is 10.2. The fourth-order valence-corrected chi connectivity index (χ4v) is 2.80. The number of hydrogen-bond acceptors (Lipinski definition) is 5. The average Bonchev–Trinajstić information content (AvgIpc) is 3.04. The van der Waals surface area contributed by atoms with Gasteiger partial charge < -0.3 is 14.4 Å². The van der Waals surface area contributed by atoms with Crippen LogP contribution in [0, 0.1) is 6.92 Å². The van der Waals surface area contributed by atoms with Gasteiger partial charge >= 0.3 is 5.97 Å². The summed E-state index contributed by atoms with van der Waals surface area (Å²) in [4.78, 5) is 29.1. The fraction of sp³-hybridized carbons (Fsp3) is 0.400. The number of amides is 1. The van der Waals surface area contributed by atoms with Crippen LogP contribution in [-0.2, 0) is 6.54 Å². The van der Waals surface area contributed by atoms with Crippen LogP contribution in [0.2, 0.25) is 0 Å². The molecule has 2 heterocycles. The Labute approximate surface area is 132 Å². The smallest absolute Gasteiger partial charge is 0.339 e. The molecule has 6 nitrogen and oxygen atoms in total. The summed E-state index contributed by atoms with van der Waals surface area (Å²) < 4.78 is 5.38. The predicted octanol–water partition coefficient (Wildman–Crippen LogP) is 3.14. The molecule has 22 heavy (non-hydrogen) atoms. The number of carbonyl (C=O) groups is 2. The number of carboxylic acids is 1. The van der Waals surface area contributed by atoms with Crippen molar-refractivity contribution in [2.75, 3.05) is 7.05 Å². The van der Waals surface area contributed by atoms with Gasteiger partial charge in [-0.3, -0.25) is 4.79 Å². The first-order valence-corrected chi connectivity index (χ1v) is 7.71. The topological polar surface area (TPSA) is 83.6 Å². The molecule has 0 aliphatic heterocycles. The highest BCUT2D eigenvalue weighted by molar-refractivity contribution is 7.09. The number of carbonyl (C=O) groups excluding carboxylic acids is 1. The first-order valence-electron chi connectivity index (χ1n) is 6.83. The molecule has 0 radical (unpaired) electrons. The lowest BCUT2D eigenvalue weighted by molar-refractivity contribution is 0.0694. The number of aromatic nitrogens is 1. The summed E-state index contributed by atoms with van der Waals surface area (Å²) >= 11 is 1.46. The molecule has 0 spiro atoms. The second-order valence-corrected chi connectivity index (χ2v) is 6.26. The molecule has 0 aliphatic carbocycles. The fourth-order valence-electron chi connectivity index (χ4n) is 1.99. The van der Waals surface area contributed by atoms with Crippen molar-refractivity contribution in [1.82, 2.24) is 9.88 Å². The first kappa shape index (κ1) is 16.2. The SMILES string of the molecule is Cc1oc(CN(C)C(=O)c2csc(C(C)C)n2)cc1C(=O)O. The number of carboxylic acid groups (broad SMARTS) is 1. The van der Waals surface area contributed by atoms with Crippen molar-refractivity contribution in [1.29, 1.82) is 0 Å². The van der Waals surface area contributed by atoms with Crippen LogP contribution in [0.5, 0.6) is 0 Å². The highest BCUT2D eigenvalue weighted by atomic mass is 32.1. The Bertz CT molecular complexity index is 702. The van der Waals surface area contributed by atoms with Crippen molar-refractivity contribution in [3.05, 3.63) is 39.2 Å². The molecule has 0 fully saturated rings. The van der Waals surface area contributed by atoms with E-state index >= 15 is 0 Å². The monoisotopic (exact) mass is 322 g/mol. The maximum Gasteiger partial charge on any atom is 0.339 e. The highest BCUT2D eigenvalue weighted by Gasteiger charge is 2.20. The van der Waals surface area contributed by atoms with Gasteiger partial charge in [-0.05, 0) is 13.0 Å². The second kappa shape index (κ2) is 6.31. The molecule has 0 atom stereocenters. The van der Waals surface area contributed by atoms with Gasteiger partial charge in [0.1, 0.15) is 22.8 Å². The maximum absolute atomic E-state index is 12.3. The summed E-state index contributed by atoms with van der Waals surface area (Å²) in [6, 6.07) is 1.45. The third-order valence-electron chi connectivity index (χ3n) is 3.17. The lowest BCUT2D eigenvalue weighted by Crippen LogP contribution is -2.26. The number of rotatable bonds is 5. The van der Waals surface area contributed by atoms with E-state index in [-0.39, 0.29) is 23.9 Å². The molecule has 118 valence electrons. The van der Waals surface area contributed by atoms with Crippen molar-refractivity contribution in [2.24, 2.45) is 0 Å². The Morgan fingerprint density at radius 2 is 2.14 bits per heavy atom. The maximum atomic E-state index is 12.3. The van der Waals surface area contributed by atoms with E-state index in [4.69, 9.17) is 9.52 Å². The molecule has 0 saturated carbocycles. The van der Waals surface area contributed by atoms with Crippen molar-refractivity contribution < 1.29 is 19.1 Å². The Morgan fingerprint density at radius 1 is 1.45 bits per heavy atom. The van der Waals surface area contributed by atoms with E-state index in [1.807, 2.05) is 13.8 Å². The van der Waals surface area contributed by atoms with E-state index in [9.17, 15) is 9.59 Å². The zero-order valence-electron chi connectivity index (χ0n) is 12.9. The summed E-state index contributed by atoms with van der Waals surface area (Å²) in [6.07, 6.45) is 0.